The molecule has 0 aliphatic carbocycles. The summed E-state index contributed by atoms with van der Waals surface area (Å²) in [4.78, 5) is 11.8. The number of amides is 1. The lowest BCUT2D eigenvalue weighted by atomic mass is 10.2. The van der Waals surface area contributed by atoms with Crippen LogP contribution in [0, 0.1) is 5.82 Å². The van der Waals surface area contributed by atoms with E-state index in [-0.39, 0.29) is 17.5 Å². The summed E-state index contributed by atoms with van der Waals surface area (Å²) < 4.78 is 13.6. The van der Waals surface area contributed by atoms with E-state index in [1.54, 1.807) is 36.4 Å². The van der Waals surface area contributed by atoms with Gasteiger partial charge in [0.25, 0.3) is 0 Å². The van der Waals surface area contributed by atoms with Gasteiger partial charge >= 0.3 is 0 Å². The number of thioether (sulfide) groups is 1. The van der Waals surface area contributed by atoms with Gasteiger partial charge in [0.05, 0.1) is 16.5 Å². The summed E-state index contributed by atoms with van der Waals surface area (Å²) in [5.41, 5.74) is 1.09. The lowest BCUT2D eigenvalue weighted by Crippen LogP contribution is -2.14. The Morgan fingerprint density at radius 2 is 1.95 bits per heavy atom. The van der Waals surface area contributed by atoms with E-state index in [9.17, 15) is 9.18 Å². The SMILES string of the molecule is O=C(CSCc1ccc(Cl)cc1F)Nc1ccccc1Cl. The van der Waals surface area contributed by atoms with Gasteiger partial charge in [-0.15, -0.1) is 11.8 Å². The Balaban J connectivity index is 1.83. The lowest BCUT2D eigenvalue weighted by molar-refractivity contribution is -0.113. The summed E-state index contributed by atoms with van der Waals surface area (Å²) in [5, 5.41) is 3.56. The Morgan fingerprint density at radius 3 is 2.67 bits per heavy atom. The number of rotatable bonds is 5. The van der Waals surface area contributed by atoms with Crippen molar-refractivity contribution in [2.45, 2.75) is 5.75 Å². The first-order chi connectivity index (χ1) is 10.1. The highest BCUT2D eigenvalue weighted by molar-refractivity contribution is 7.99. The van der Waals surface area contributed by atoms with Crippen LogP contribution >= 0.6 is 35.0 Å². The van der Waals surface area contributed by atoms with Crippen molar-refractivity contribution in [3.63, 3.8) is 0 Å². The summed E-state index contributed by atoms with van der Waals surface area (Å²) in [6.07, 6.45) is 0. The highest BCUT2D eigenvalue weighted by Gasteiger charge is 2.07. The van der Waals surface area contributed by atoms with Gasteiger partial charge in [0, 0.05) is 10.8 Å². The van der Waals surface area contributed by atoms with E-state index in [0.29, 0.717) is 27.0 Å². The number of hydrogen-bond donors (Lipinski definition) is 1. The molecule has 2 nitrogen and oxygen atoms in total. The van der Waals surface area contributed by atoms with Gasteiger partial charge in [0.15, 0.2) is 0 Å². The van der Waals surface area contributed by atoms with Crippen LogP contribution in [0.5, 0.6) is 0 Å². The molecule has 0 bridgehead atoms. The summed E-state index contributed by atoms with van der Waals surface area (Å²) in [6, 6.07) is 11.5. The molecule has 2 rings (SSSR count). The van der Waals surface area contributed by atoms with Crippen molar-refractivity contribution < 1.29 is 9.18 Å². The first kappa shape index (κ1) is 16.1. The van der Waals surface area contributed by atoms with Crippen LogP contribution in [0.15, 0.2) is 42.5 Å². The van der Waals surface area contributed by atoms with Crippen LogP contribution in [-0.4, -0.2) is 11.7 Å². The van der Waals surface area contributed by atoms with Crippen molar-refractivity contribution >= 4 is 46.6 Å². The third-order valence-corrected chi connectivity index (χ3v) is 4.20. The predicted octanol–water partition coefficient (Wildman–Crippen LogP) is 5.00. The first-order valence-electron chi connectivity index (χ1n) is 6.12. The van der Waals surface area contributed by atoms with Gasteiger partial charge in [-0.3, -0.25) is 4.79 Å². The van der Waals surface area contributed by atoms with Crippen LogP contribution in [0.1, 0.15) is 5.56 Å². The number of nitrogens with one attached hydrogen (secondary N) is 1. The van der Waals surface area contributed by atoms with Crippen molar-refractivity contribution in [2.24, 2.45) is 0 Å². The minimum atomic E-state index is -0.360. The smallest absolute Gasteiger partial charge is 0.234 e. The van der Waals surface area contributed by atoms with E-state index < -0.39 is 0 Å². The molecule has 0 spiro atoms. The standard InChI is InChI=1S/C15H12Cl2FNOS/c16-11-6-5-10(13(18)7-11)8-21-9-15(20)19-14-4-2-1-3-12(14)17/h1-7H,8-9H2,(H,19,20). The fraction of sp³-hybridized carbons (Fsp3) is 0.133. The van der Waals surface area contributed by atoms with Crippen LogP contribution < -0.4 is 5.32 Å². The summed E-state index contributed by atoms with van der Waals surface area (Å²) in [5.74, 6) is 0.0793. The molecular weight excluding hydrogens is 332 g/mol. The molecule has 0 aliphatic rings. The second-order valence-electron chi connectivity index (χ2n) is 4.26. The number of hydrogen-bond acceptors (Lipinski definition) is 2. The number of anilines is 1. The maximum Gasteiger partial charge on any atom is 0.234 e. The fourth-order valence-electron chi connectivity index (χ4n) is 1.64. The largest absolute Gasteiger partial charge is 0.324 e. The first-order valence-corrected chi connectivity index (χ1v) is 8.03. The zero-order valence-electron chi connectivity index (χ0n) is 10.9. The molecule has 0 aromatic heterocycles. The van der Waals surface area contributed by atoms with Gasteiger partial charge in [0.2, 0.25) is 5.91 Å². The van der Waals surface area contributed by atoms with Crippen LogP contribution in [0.3, 0.4) is 0 Å². The van der Waals surface area contributed by atoms with Gasteiger partial charge in [-0.1, -0.05) is 41.4 Å². The topological polar surface area (TPSA) is 29.1 Å². The van der Waals surface area contributed by atoms with E-state index in [2.05, 4.69) is 5.32 Å². The van der Waals surface area contributed by atoms with Crippen molar-refractivity contribution in [3.05, 3.63) is 63.9 Å². The van der Waals surface area contributed by atoms with Crippen LogP contribution in [-0.2, 0) is 10.5 Å². The second kappa shape index (κ2) is 7.69. The molecule has 21 heavy (non-hydrogen) atoms. The quantitative estimate of drug-likeness (QED) is 0.827. The van der Waals surface area contributed by atoms with Crippen LogP contribution in [0.4, 0.5) is 10.1 Å². The maximum atomic E-state index is 13.6. The minimum Gasteiger partial charge on any atom is -0.324 e. The molecule has 0 fully saturated rings. The minimum absolute atomic E-state index is 0.178. The highest BCUT2D eigenvalue weighted by Crippen LogP contribution is 2.22. The second-order valence-corrected chi connectivity index (χ2v) is 6.09. The molecule has 0 unspecified atom stereocenters. The van der Waals surface area contributed by atoms with Gasteiger partial charge in [0.1, 0.15) is 5.82 Å². The van der Waals surface area contributed by atoms with Crippen molar-refractivity contribution in [1.29, 1.82) is 0 Å². The van der Waals surface area contributed by atoms with Crippen LogP contribution in [0.2, 0.25) is 10.0 Å². The lowest BCUT2D eigenvalue weighted by Gasteiger charge is -2.07. The monoisotopic (exact) mass is 343 g/mol. The average molecular weight is 344 g/mol. The van der Waals surface area contributed by atoms with Gasteiger partial charge in [-0.05, 0) is 29.8 Å². The number of para-hydroxylation sites is 1. The molecule has 0 atom stereocenters. The molecular formula is C15H12Cl2FNOS. The Bertz CT molecular complexity index is 651. The third kappa shape index (κ3) is 4.92. The molecule has 1 N–H and O–H groups in total. The summed E-state index contributed by atoms with van der Waals surface area (Å²) in [7, 11) is 0. The Hall–Kier alpha value is -1.23. The van der Waals surface area contributed by atoms with E-state index >= 15 is 0 Å². The maximum absolute atomic E-state index is 13.6. The van der Waals surface area contributed by atoms with Gasteiger partial charge < -0.3 is 5.32 Å². The molecule has 1 amide bonds. The number of carbonyl (C=O) groups is 1. The molecule has 0 radical (unpaired) electrons. The van der Waals surface area contributed by atoms with Crippen LogP contribution in [0.25, 0.3) is 0 Å². The highest BCUT2D eigenvalue weighted by atomic mass is 35.5. The van der Waals surface area contributed by atoms with Crippen molar-refractivity contribution in [3.8, 4) is 0 Å². The van der Waals surface area contributed by atoms with Gasteiger partial charge in [-0.2, -0.15) is 0 Å². The molecule has 0 aliphatic heterocycles. The summed E-state index contributed by atoms with van der Waals surface area (Å²) >= 11 is 13.0. The van der Waals surface area contributed by atoms with E-state index in [4.69, 9.17) is 23.2 Å². The predicted molar refractivity (Wildman–Crippen MR) is 87.7 cm³/mol. The Labute approximate surface area is 136 Å². The molecule has 2 aromatic carbocycles. The molecule has 0 heterocycles. The number of carbonyl (C=O) groups excluding carboxylic acids is 1. The molecule has 0 saturated carbocycles. The zero-order valence-corrected chi connectivity index (χ0v) is 13.2. The van der Waals surface area contributed by atoms with E-state index in [1.807, 2.05) is 0 Å². The number of halogens is 3. The molecule has 2 aromatic rings. The number of benzene rings is 2. The Morgan fingerprint density at radius 1 is 1.19 bits per heavy atom. The van der Waals surface area contributed by atoms with E-state index in [1.165, 1.54) is 17.8 Å². The zero-order chi connectivity index (χ0) is 15.2. The van der Waals surface area contributed by atoms with Crippen molar-refractivity contribution in [1.82, 2.24) is 0 Å². The molecule has 0 saturated heterocycles. The molecule has 6 heteroatoms. The van der Waals surface area contributed by atoms with E-state index in [0.717, 1.165) is 0 Å². The molecule has 110 valence electrons. The summed E-state index contributed by atoms with van der Waals surface area (Å²) in [6.45, 7) is 0. The van der Waals surface area contributed by atoms with Gasteiger partial charge in [-0.25, -0.2) is 4.39 Å². The normalized spacial score (nSPS) is 10.4. The van der Waals surface area contributed by atoms with Crippen molar-refractivity contribution in [2.75, 3.05) is 11.1 Å². The fourth-order valence-corrected chi connectivity index (χ4v) is 2.80. The third-order valence-electron chi connectivity index (χ3n) is 2.65. The average Bonchev–Trinajstić information content (AvgIpc) is 2.44. The Kier molecular flexibility index (Phi) is 5.91.